The summed E-state index contributed by atoms with van der Waals surface area (Å²) < 4.78 is 3.24. The van der Waals surface area contributed by atoms with Crippen LogP contribution in [0, 0.1) is 5.92 Å². The molecule has 10 heavy (non-hydrogen) atoms. The van der Waals surface area contributed by atoms with Gasteiger partial charge in [0, 0.05) is 35.5 Å². The molecule has 0 bridgehead atoms. The van der Waals surface area contributed by atoms with E-state index in [1.165, 1.54) is 25.7 Å². The van der Waals surface area contributed by atoms with Crippen LogP contribution in [0.2, 0.25) is 0 Å². The molecule has 0 heterocycles. The van der Waals surface area contributed by atoms with Crippen molar-refractivity contribution in [1.82, 2.24) is 3.53 Å². The first-order chi connectivity index (χ1) is 4.86. The molecule has 1 fully saturated rings. The first kappa shape index (κ1) is 8.74. The predicted molar refractivity (Wildman–Crippen MR) is 50.0 cm³/mol. The molecule has 0 atom stereocenters. The van der Waals surface area contributed by atoms with Crippen molar-refractivity contribution in [3.63, 3.8) is 0 Å². The van der Waals surface area contributed by atoms with Gasteiger partial charge >= 0.3 is 0 Å². The highest BCUT2D eigenvalue weighted by atomic mass is 127. The lowest BCUT2D eigenvalue weighted by atomic mass is 9.87. The summed E-state index contributed by atoms with van der Waals surface area (Å²) in [6.45, 7) is 0.383. The smallest absolute Gasteiger partial charge is 0.0459 e. The Kier molecular flexibility index (Phi) is 3.95. The summed E-state index contributed by atoms with van der Waals surface area (Å²) in [5.74, 6) is 0.584. The Hall–Kier alpha value is 0.650. The second kappa shape index (κ2) is 4.51. The molecule has 0 radical (unpaired) electrons. The second-order valence-electron chi connectivity index (χ2n) is 3.01. The summed E-state index contributed by atoms with van der Waals surface area (Å²) in [6, 6.07) is 0.698. The van der Waals surface area contributed by atoms with Crippen LogP contribution in [0.25, 0.3) is 0 Å². The Morgan fingerprint density at radius 2 is 1.90 bits per heavy atom. The van der Waals surface area contributed by atoms with Gasteiger partial charge in [0.1, 0.15) is 0 Å². The maximum Gasteiger partial charge on any atom is 0.0459 e. The molecule has 1 aliphatic rings. The van der Waals surface area contributed by atoms with E-state index in [0.29, 0.717) is 18.6 Å². The van der Waals surface area contributed by atoms with E-state index in [0.717, 1.165) is 0 Å². The summed E-state index contributed by atoms with van der Waals surface area (Å²) in [5, 5.41) is 8.83. The minimum absolute atomic E-state index is 0.383. The Morgan fingerprint density at radius 3 is 2.30 bits per heavy atom. The first-order valence-corrected chi connectivity index (χ1v) is 4.91. The van der Waals surface area contributed by atoms with E-state index in [2.05, 4.69) is 26.4 Å². The zero-order valence-electron chi connectivity index (χ0n) is 6.02. The number of nitrogens with one attached hydrogen (secondary N) is 1. The minimum atomic E-state index is 0.383. The summed E-state index contributed by atoms with van der Waals surface area (Å²) in [4.78, 5) is 0. The van der Waals surface area contributed by atoms with Crippen molar-refractivity contribution in [1.29, 1.82) is 0 Å². The van der Waals surface area contributed by atoms with Gasteiger partial charge in [0.15, 0.2) is 0 Å². The Labute approximate surface area is 75.9 Å². The molecule has 0 aromatic carbocycles. The van der Waals surface area contributed by atoms with Crippen molar-refractivity contribution in [2.24, 2.45) is 5.92 Å². The van der Waals surface area contributed by atoms with Gasteiger partial charge in [-0.05, 0) is 31.6 Å². The fourth-order valence-corrected chi connectivity index (χ4v) is 2.08. The van der Waals surface area contributed by atoms with E-state index >= 15 is 0 Å². The van der Waals surface area contributed by atoms with Crippen molar-refractivity contribution in [2.45, 2.75) is 31.7 Å². The number of aliphatic hydroxyl groups excluding tert-OH is 1. The summed E-state index contributed by atoms with van der Waals surface area (Å²) in [5.41, 5.74) is 0. The largest absolute Gasteiger partial charge is 0.396 e. The summed E-state index contributed by atoms with van der Waals surface area (Å²) in [7, 11) is 0. The van der Waals surface area contributed by atoms with Crippen LogP contribution < -0.4 is 3.53 Å². The van der Waals surface area contributed by atoms with Crippen LogP contribution in [0.4, 0.5) is 0 Å². The van der Waals surface area contributed by atoms with Gasteiger partial charge in [0.25, 0.3) is 0 Å². The summed E-state index contributed by atoms with van der Waals surface area (Å²) >= 11 is 2.21. The van der Waals surface area contributed by atoms with E-state index in [4.69, 9.17) is 5.11 Å². The minimum Gasteiger partial charge on any atom is -0.396 e. The molecular weight excluding hydrogens is 241 g/mol. The second-order valence-corrected chi connectivity index (χ2v) is 3.63. The Morgan fingerprint density at radius 1 is 1.30 bits per heavy atom. The van der Waals surface area contributed by atoms with E-state index in [1.807, 2.05) is 0 Å². The molecule has 0 saturated heterocycles. The maximum absolute atomic E-state index is 8.83. The molecule has 0 aromatic heterocycles. The molecule has 0 spiro atoms. The van der Waals surface area contributed by atoms with E-state index in [9.17, 15) is 0 Å². The van der Waals surface area contributed by atoms with Crippen molar-refractivity contribution < 1.29 is 5.11 Å². The zero-order valence-corrected chi connectivity index (χ0v) is 8.17. The van der Waals surface area contributed by atoms with Crippen molar-refractivity contribution >= 4 is 22.9 Å². The fourth-order valence-electron chi connectivity index (χ4n) is 1.45. The van der Waals surface area contributed by atoms with E-state index in [1.54, 1.807) is 0 Å². The topological polar surface area (TPSA) is 32.3 Å². The monoisotopic (exact) mass is 255 g/mol. The number of halogens is 1. The van der Waals surface area contributed by atoms with Gasteiger partial charge < -0.3 is 5.11 Å². The molecule has 0 aliphatic heterocycles. The van der Waals surface area contributed by atoms with Crippen LogP contribution in [0.15, 0.2) is 0 Å². The molecule has 2 N–H and O–H groups in total. The molecule has 1 aliphatic carbocycles. The van der Waals surface area contributed by atoms with Crippen LogP contribution in [-0.2, 0) is 0 Å². The van der Waals surface area contributed by atoms with Gasteiger partial charge in [0.2, 0.25) is 0 Å². The number of aliphatic hydroxyl groups is 1. The third-order valence-electron chi connectivity index (χ3n) is 2.26. The van der Waals surface area contributed by atoms with Gasteiger partial charge in [-0.2, -0.15) is 0 Å². The van der Waals surface area contributed by atoms with Gasteiger partial charge in [-0.25, -0.2) is 0 Å². The molecule has 0 amide bonds. The number of rotatable bonds is 2. The van der Waals surface area contributed by atoms with Crippen LogP contribution >= 0.6 is 22.9 Å². The lowest BCUT2D eigenvalue weighted by Gasteiger charge is -2.25. The van der Waals surface area contributed by atoms with Gasteiger partial charge in [0.05, 0.1) is 0 Å². The fraction of sp³-hybridized carbons (Fsp3) is 1.00. The van der Waals surface area contributed by atoms with Crippen LogP contribution in [-0.4, -0.2) is 17.8 Å². The lowest BCUT2D eigenvalue weighted by Crippen LogP contribution is -2.27. The molecular formula is C7H14INO. The van der Waals surface area contributed by atoms with E-state index < -0.39 is 0 Å². The maximum atomic E-state index is 8.83. The third kappa shape index (κ3) is 2.36. The highest BCUT2D eigenvalue weighted by Gasteiger charge is 2.18. The molecule has 3 heteroatoms. The molecule has 1 saturated carbocycles. The summed E-state index contributed by atoms with van der Waals surface area (Å²) in [6.07, 6.45) is 4.84. The van der Waals surface area contributed by atoms with Crippen molar-refractivity contribution in [2.75, 3.05) is 6.61 Å². The van der Waals surface area contributed by atoms with Crippen LogP contribution in [0.3, 0.4) is 0 Å². The predicted octanol–water partition coefficient (Wildman–Crippen LogP) is 1.48. The average molecular weight is 255 g/mol. The molecule has 2 nitrogen and oxygen atoms in total. The zero-order chi connectivity index (χ0) is 7.40. The molecule has 60 valence electrons. The number of hydrogen-bond donors (Lipinski definition) is 2. The van der Waals surface area contributed by atoms with E-state index in [-0.39, 0.29) is 0 Å². The normalized spacial score (nSPS) is 34.2. The quantitative estimate of drug-likeness (QED) is 0.578. The SMILES string of the molecule is OCC1CCC(NI)CC1. The van der Waals surface area contributed by atoms with Crippen LogP contribution in [0.1, 0.15) is 25.7 Å². The Bertz CT molecular complexity index is 79.6. The highest BCUT2D eigenvalue weighted by Crippen LogP contribution is 2.23. The van der Waals surface area contributed by atoms with Gasteiger partial charge in [-0.3, -0.25) is 3.53 Å². The molecule has 1 rings (SSSR count). The third-order valence-corrected chi connectivity index (χ3v) is 3.14. The van der Waals surface area contributed by atoms with Gasteiger partial charge in [-0.15, -0.1) is 0 Å². The van der Waals surface area contributed by atoms with Gasteiger partial charge in [-0.1, -0.05) is 0 Å². The van der Waals surface area contributed by atoms with Crippen molar-refractivity contribution in [3.05, 3.63) is 0 Å². The molecule has 0 unspecified atom stereocenters. The highest BCUT2D eigenvalue weighted by molar-refractivity contribution is 14.1. The van der Waals surface area contributed by atoms with Crippen molar-refractivity contribution in [3.8, 4) is 0 Å². The number of hydrogen-bond acceptors (Lipinski definition) is 2. The first-order valence-electron chi connectivity index (χ1n) is 3.84. The standard InChI is InChI=1S/C7H14INO/c8-9-7-3-1-6(5-10)2-4-7/h6-7,9-10H,1-5H2. The van der Waals surface area contributed by atoms with Crippen LogP contribution in [0.5, 0.6) is 0 Å². The average Bonchev–Trinajstić information content (AvgIpc) is 2.05. The molecule has 0 aromatic rings. The lowest BCUT2D eigenvalue weighted by molar-refractivity contribution is 0.181. The Balaban J connectivity index is 2.17.